The Bertz CT molecular complexity index is 743. The number of para-hydroxylation sites is 1. The van der Waals surface area contributed by atoms with Crippen molar-refractivity contribution < 1.29 is 0 Å². The minimum Gasteiger partial charge on any atom is -0.354 e. The van der Waals surface area contributed by atoms with Crippen molar-refractivity contribution in [3.8, 4) is 6.07 Å². The van der Waals surface area contributed by atoms with Gasteiger partial charge in [0.1, 0.15) is 23.5 Å². The fourth-order valence-corrected chi connectivity index (χ4v) is 2.90. The smallest absolute Gasteiger partial charge is 0.136 e. The third kappa shape index (κ3) is 3.63. The molecule has 0 unspecified atom stereocenters. The molecule has 2 aromatic rings. The predicted octanol–water partition coefficient (Wildman–Crippen LogP) is 2.54. The largest absolute Gasteiger partial charge is 0.354 e. The number of piperazine rings is 1. The van der Waals surface area contributed by atoms with Gasteiger partial charge < -0.3 is 15.1 Å². The van der Waals surface area contributed by atoms with Gasteiger partial charge >= 0.3 is 0 Å². The molecule has 0 bridgehead atoms. The predicted molar refractivity (Wildman–Crippen MR) is 95.5 cm³/mol. The summed E-state index contributed by atoms with van der Waals surface area (Å²) < 4.78 is 0. The number of nitrogens with zero attached hydrogens (tertiary/aromatic N) is 5. The van der Waals surface area contributed by atoms with Gasteiger partial charge in [-0.3, -0.25) is 0 Å². The average molecular weight is 322 g/mol. The van der Waals surface area contributed by atoms with E-state index in [0.717, 1.165) is 55.9 Å². The second kappa shape index (κ2) is 7.28. The Balaban J connectivity index is 1.81. The molecule has 0 amide bonds. The first-order valence-electron chi connectivity index (χ1n) is 8.28. The fourth-order valence-electron chi connectivity index (χ4n) is 2.90. The maximum Gasteiger partial charge on any atom is 0.136 e. The fraction of sp³-hybridized carbons (Fsp3) is 0.389. The van der Waals surface area contributed by atoms with E-state index in [9.17, 15) is 5.26 Å². The van der Waals surface area contributed by atoms with Gasteiger partial charge in [-0.2, -0.15) is 5.26 Å². The van der Waals surface area contributed by atoms with E-state index >= 15 is 0 Å². The van der Waals surface area contributed by atoms with E-state index in [1.165, 1.54) is 0 Å². The zero-order valence-electron chi connectivity index (χ0n) is 14.2. The third-order valence-corrected chi connectivity index (χ3v) is 4.28. The van der Waals surface area contributed by atoms with Crippen LogP contribution in [0, 0.1) is 18.3 Å². The molecule has 0 radical (unpaired) electrons. The van der Waals surface area contributed by atoms with Crippen LogP contribution in [0.1, 0.15) is 18.3 Å². The summed E-state index contributed by atoms with van der Waals surface area (Å²) in [5.41, 5.74) is 1.37. The molecule has 0 saturated carbocycles. The van der Waals surface area contributed by atoms with E-state index in [-0.39, 0.29) is 0 Å². The zero-order valence-corrected chi connectivity index (χ0v) is 14.2. The van der Waals surface area contributed by atoms with Gasteiger partial charge in [0.05, 0.1) is 11.3 Å². The van der Waals surface area contributed by atoms with Crippen LogP contribution in [0.3, 0.4) is 0 Å². The molecule has 2 heterocycles. The standard InChI is InChI=1S/C18H22N6/c1-3-23-8-10-24(11-9-23)18-12-17(20-14(2)21-18)22-16-7-5-4-6-15(16)13-19/h4-7,12H,3,8-11H2,1-2H3,(H,20,21,22). The molecular weight excluding hydrogens is 300 g/mol. The van der Waals surface area contributed by atoms with Crippen molar-refractivity contribution in [3.05, 3.63) is 41.7 Å². The molecule has 0 aliphatic carbocycles. The Labute approximate surface area is 142 Å². The lowest BCUT2D eigenvalue weighted by Gasteiger charge is -2.34. The van der Waals surface area contributed by atoms with Gasteiger partial charge in [0.25, 0.3) is 0 Å². The molecule has 6 nitrogen and oxygen atoms in total. The van der Waals surface area contributed by atoms with E-state index in [1.807, 2.05) is 31.2 Å². The first-order chi connectivity index (χ1) is 11.7. The first kappa shape index (κ1) is 16.2. The second-order valence-corrected chi connectivity index (χ2v) is 5.86. The van der Waals surface area contributed by atoms with Crippen LogP contribution in [-0.4, -0.2) is 47.6 Å². The Morgan fingerprint density at radius 1 is 1.17 bits per heavy atom. The highest BCUT2D eigenvalue weighted by molar-refractivity contribution is 5.66. The van der Waals surface area contributed by atoms with Gasteiger partial charge in [0.15, 0.2) is 0 Å². The molecule has 1 saturated heterocycles. The van der Waals surface area contributed by atoms with Crippen LogP contribution in [0.25, 0.3) is 0 Å². The molecule has 3 rings (SSSR count). The first-order valence-corrected chi connectivity index (χ1v) is 8.28. The van der Waals surface area contributed by atoms with Crippen LogP contribution in [-0.2, 0) is 0 Å². The lowest BCUT2D eigenvalue weighted by molar-refractivity contribution is 0.270. The van der Waals surface area contributed by atoms with Crippen LogP contribution >= 0.6 is 0 Å². The van der Waals surface area contributed by atoms with Gasteiger partial charge in [0.2, 0.25) is 0 Å². The number of rotatable bonds is 4. The van der Waals surface area contributed by atoms with Crippen molar-refractivity contribution in [1.29, 1.82) is 5.26 Å². The number of aromatic nitrogens is 2. The number of aryl methyl sites for hydroxylation is 1. The maximum atomic E-state index is 9.22. The van der Waals surface area contributed by atoms with Crippen LogP contribution in [0.2, 0.25) is 0 Å². The Morgan fingerprint density at radius 2 is 1.92 bits per heavy atom. The van der Waals surface area contributed by atoms with Crippen molar-refractivity contribution in [3.63, 3.8) is 0 Å². The molecule has 6 heteroatoms. The average Bonchev–Trinajstić information content (AvgIpc) is 2.62. The Hall–Kier alpha value is -2.65. The number of nitrogens with one attached hydrogen (secondary N) is 1. The molecule has 124 valence electrons. The zero-order chi connectivity index (χ0) is 16.9. The molecule has 1 aliphatic rings. The Morgan fingerprint density at radius 3 is 2.62 bits per heavy atom. The summed E-state index contributed by atoms with van der Waals surface area (Å²) in [7, 11) is 0. The van der Waals surface area contributed by atoms with E-state index in [4.69, 9.17) is 0 Å². The molecule has 1 aromatic heterocycles. The number of likely N-dealkylation sites (N-methyl/N-ethyl adjacent to an activating group) is 1. The summed E-state index contributed by atoms with van der Waals surface area (Å²) in [6.45, 7) is 9.23. The van der Waals surface area contributed by atoms with Gasteiger partial charge in [0, 0.05) is 32.2 Å². The minimum absolute atomic E-state index is 0.604. The number of anilines is 3. The van der Waals surface area contributed by atoms with Gasteiger partial charge in [-0.15, -0.1) is 0 Å². The Kier molecular flexibility index (Phi) is 4.92. The summed E-state index contributed by atoms with van der Waals surface area (Å²) in [6, 6.07) is 11.6. The van der Waals surface area contributed by atoms with Crippen molar-refractivity contribution in [1.82, 2.24) is 14.9 Å². The summed E-state index contributed by atoms with van der Waals surface area (Å²) in [5.74, 6) is 2.38. The summed E-state index contributed by atoms with van der Waals surface area (Å²) in [5, 5.41) is 12.5. The van der Waals surface area contributed by atoms with Crippen molar-refractivity contribution in [2.24, 2.45) is 0 Å². The van der Waals surface area contributed by atoms with Crippen molar-refractivity contribution in [2.75, 3.05) is 42.9 Å². The van der Waals surface area contributed by atoms with E-state index in [0.29, 0.717) is 5.56 Å². The molecule has 24 heavy (non-hydrogen) atoms. The third-order valence-electron chi connectivity index (χ3n) is 4.28. The highest BCUT2D eigenvalue weighted by atomic mass is 15.3. The van der Waals surface area contributed by atoms with Crippen LogP contribution in [0.15, 0.2) is 30.3 Å². The number of nitriles is 1. The van der Waals surface area contributed by atoms with E-state index in [1.54, 1.807) is 6.07 Å². The monoisotopic (exact) mass is 322 g/mol. The molecule has 0 atom stereocenters. The second-order valence-electron chi connectivity index (χ2n) is 5.86. The summed E-state index contributed by atoms with van der Waals surface area (Å²) in [4.78, 5) is 13.8. The number of hydrogen-bond acceptors (Lipinski definition) is 6. The van der Waals surface area contributed by atoms with E-state index in [2.05, 4.69) is 38.1 Å². The topological polar surface area (TPSA) is 68.1 Å². The molecule has 1 aromatic carbocycles. The molecule has 1 fully saturated rings. The normalized spacial score (nSPS) is 15.1. The number of hydrogen-bond donors (Lipinski definition) is 1. The van der Waals surface area contributed by atoms with Gasteiger partial charge in [-0.1, -0.05) is 19.1 Å². The van der Waals surface area contributed by atoms with E-state index < -0.39 is 0 Å². The van der Waals surface area contributed by atoms with Crippen LogP contribution in [0.4, 0.5) is 17.3 Å². The number of benzene rings is 1. The minimum atomic E-state index is 0.604. The van der Waals surface area contributed by atoms with Gasteiger partial charge in [-0.25, -0.2) is 9.97 Å². The summed E-state index contributed by atoms with van der Waals surface area (Å²) >= 11 is 0. The summed E-state index contributed by atoms with van der Waals surface area (Å²) in [6.07, 6.45) is 0. The molecule has 1 N–H and O–H groups in total. The van der Waals surface area contributed by atoms with Gasteiger partial charge in [-0.05, 0) is 25.6 Å². The van der Waals surface area contributed by atoms with Crippen molar-refractivity contribution >= 4 is 17.3 Å². The van der Waals surface area contributed by atoms with Crippen LogP contribution in [0.5, 0.6) is 0 Å². The maximum absolute atomic E-state index is 9.22. The van der Waals surface area contributed by atoms with Crippen molar-refractivity contribution in [2.45, 2.75) is 13.8 Å². The lowest BCUT2D eigenvalue weighted by Crippen LogP contribution is -2.46. The quantitative estimate of drug-likeness (QED) is 0.933. The molecule has 1 aliphatic heterocycles. The molecule has 0 spiro atoms. The molecular formula is C18H22N6. The SMILES string of the molecule is CCN1CCN(c2cc(Nc3ccccc3C#N)nc(C)n2)CC1. The lowest BCUT2D eigenvalue weighted by atomic mass is 10.2. The van der Waals surface area contributed by atoms with Crippen LogP contribution < -0.4 is 10.2 Å². The highest BCUT2D eigenvalue weighted by Gasteiger charge is 2.18. The highest BCUT2D eigenvalue weighted by Crippen LogP contribution is 2.22.